The molecular formula is C6H10F2O. The number of hydrogen-bond acceptors (Lipinski definition) is 1. The average molecular weight is 136 g/mol. The van der Waals surface area contributed by atoms with Crippen molar-refractivity contribution >= 4 is 6.29 Å². The summed E-state index contributed by atoms with van der Waals surface area (Å²) < 4.78 is 23.5. The fraction of sp³-hybridized carbons (Fsp3) is 0.833. The lowest BCUT2D eigenvalue weighted by Gasteiger charge is -2.07. The molecule has 3 heteroatoms. The smallest absolute Gasteiger partial charge is 0.241 e. The maximum absolute atomic E-state index is 11.7. The largest absolute Gasteiger partial charge is 0.303 e. The molecule has 1 unspecified atom stereocenters. The van der Waals surface area contributed by atoms with Gasteiger partial charge in [0, 0.05) is 12.3 Å². The maximum Gasteiger partial charge on any atom is 0.241 e. The van der Waals surface area contributed by atoms with E-state index in [0.29, 0.717) is 12.7 Å². The van der Waals surface area contributed by atoms with Crippen LogP contribution in [0.5, 0.6) is 0 Å². The first-order valence-corrected chi connectivity index (χ1v) is 2.94. The molecule has 0 aromatic carbocycles. The second kappa shape index (κ2) is 4.41. The van der Waals surface area contributed by atoms with Crippen molar-refractivity contribution in [2.75, 3.05) is 0 Å². The van der Waals surface area contributed by atoms with E-state index in [4.69, 9.17) is 0 Å². The molecule has 1 nitrogen and oxygen atoms in total. The summed E-state index contributed by atoms with van der Waals surface area (Å²) in [5.41, 5.74) is 0. The van der Waals surface area contributed by atoms with Gasteiger partial charge in [-0.2, -0.15) is 0 Å². The molecule has 54 valence electrons. The van der Waals surface area contributed by atoms with Crippen molar-refractivity contribution in [3.05, 3.63) is 0 Å². The maximum atomic E-state index is 11.7. The van der Waals surface area contributed by atoms with Gasteiger partial charge in [-0.1, -0.05) is 6.92 Å². The van der Waals surface area contributed by atoms with Crippen molar-refractivity contribution in [1.82, 2.24) is 0 Å². The Kier molecular flexibility index (Phi) is 4.18. The van der Waals surface area contributed by atoms with Crippen LogP contribution in [0.2, 0.25) is 0 Å². The first-order valence-electron chi connectivity index (χ1n) is 2.94. The van der Waals surface area contributed by atoms with Gasteiger partial charge in [0.1, 0.15) is 6.29 Å². The summed E-state index contributed by atoms with van der Waals surface area (Å²) in [6.45, 7) is 1.65. The number of halogens is 2. The predicted molar refractivity (Wildman–Crippen MR) is 30.5 cm³/mol. The van der Waals surface area contributed by atoms with Crippen LogP contribution in [-0.2, 0) is 4.79 Å². The number of alkyl halides is 2. The molecule has 0 rings (SSSR count). The Labute approximate surface area is 53.1 Å². The topological polar surface area (TPSA) is 17.1 Å². The van der Waals surface area contributed by atoms with Gasteiger partial charge in [-0.3, -0.25) is 0 Å². The average Bonchev–Trinajstić information content (AvgIpc) is 1.82. The SMILES string of the molecule is CCC(CC=O)C(F)F. The zero-order valence-electron chi connectivity index (χ0n) is 5.31. The summed E-state index contributed by atoms with van der Waals surface area (Å²) in [4.78, 5) is 9.75. The molecule has 0 bridgehead atoms. The molecule has 0 saturated heterocycles. The van der Waals surface area contributed by atoms with Gasteiger partial charge in [0.05, 0.1) is 0 Å². The van der Waals surface area contributed by atoms with Crippen LogP contribution in [0, 0.1) is 5.92 Å². The standard InChI is InChI=1S/C6H10F2O/c1-2-5(3-4-9)6(7)8/h4-6H,2-3H2,1H3. The highest BCUT2D eigenvalue weighted by molar-refractivity contribution is 5.49. The zero-order chi connectivity index (χ0) is 7.28. The van der Waals surface area contributed by atoms with E-state index in [1.165, 1.54) is 0 Å². The third-order valence-corrected chi connectivity index (χ3v) is 1.28. The highest BCUT2D eigenvalue weighted by Gasteiger charge is 2.16. The Morgan fingerprint density at radius 1 is 1.56 bits per heavy atom. The van der Waals surface area contributed by atoms with Crippen molar-refractivity contribution in [2.24, 2.45) is 5.92 Å². The van der Waals surface area contributed by atoms with Crippen LogP contribution < -0.4 is 0 Å². The Hall–Kier alpha value is -0.470. The molecule has 0 aromatic heterocycles. The number of aldehydes is 1. The second-order valence-corrected chi connectivity index (χ2v) is 1.91. The minimum atomic E-state index is -2.35. The first kappa shape index (κ1) is 8.53. The van der Waals surface area contributed by atoms with Gasteiger partial charge < -0.3 is 4.79 Å². The van der Waals surface area contributed by atoms with E-state index < -0.39 is 12.3 Å². The summed E-state index contributed by atoms with van der Waals surface area (Å²) in [5, 5.41) is 0. The van der Waals surface area contributed by atoms with E-state index in [2.05, 4.69) is 0 Å². The number of rotatable bonds is 4. The molecule has 0 aromatic rings. The fourth-order valence-electron chi connectivity index (χ4n) is 0.571. The zero-order valence-corrected chi connectivity index (χ0v) is 5.31. The lowest BCUT2D eigenvalue weighted by Crippen LogP contribution is -2.09. The first-order chi connectivity index (χ1) is 4.22. The Morgan fingerprint density at radius 2 is 2.11 bits per heavy atom. The fourth-order valence-corrected chi connectivity index (χ4v) is 0.571. The molecular weight excluding hydrogens is 126 g/mol. The minimum absolute atomic E-state index is 0.0197. The number of hydrogen-bond donors (Lipinski definition) is 0. The van der Waals surface area contributed by atoms with Crippen LogP contribution in [0.1, 0.15) is 19.8 Å². The Balaban J connectivity index is 3.53. The van der Waals surface area contributed by atoms with E-state index in [-0.39, 0.29) is 6.42 Å². The molecule has 0 radical (unpaired) electrons. The Bertz CT molecular complexity index is 83.1. The monoisotopic (exact) mass is 136 g/mol. The van der Waals surface area contributed by atoms with Crippen LogP contribution >= 0.6 is 0 Å². The third-order valence-electron chi connectivity index (χ3n) is 1.28. The molecule has 9 heavy (non-hydrogen) atoms. The molecule has 0 heterocycles. The molecule has 0 aliphatic rings. The molecule has 0 N–H and O–H groups in total. The highest BCUT2D eigenvalue weighted by atomic mass is 19.3. The lowest BCUT2D eigenvalue weighted by atomic mass is 10.0. The summed E-state index contributed by atoms with van der Waals surface area (Å²) in [7, 11) is 0. The molecule has 0 fully saturated rings. The van der Waals surface area contributed by atoms with Crippen LogP contribution in [0.4, 0.5) is 8.78 Å². The van der Waals surface area contributed by atoms with E-state index in [1.807, 2.05) is 0 Å². The summed E-state index contributed by atoms with van der Waals surface area (Å²) in [6.07, 6.45) is -1.45. The molecule has 1 atom stereocenters. The van der Waals surface area contributed by atoms with E-state index in [9.17, 15) is 13.6 Å². The van der Waals surface area contributed by atoms with E-state index in [1.54, 1.807) is 6.92 Å². The predicted octanol–water partition coefficient (Wildman–Crippen LogP) is 1.87. The highest BCUT2D eigenvalue weighted by Crippen LogP contribution is 2.15. The van der Waals surface area contributed by atoms with Crippen LogP contribution in [0.25, 0.3) is 0 Å². The molecule has 0 aliphatic carbocycles. The Morgan fingerprint density at radius 3 is 2.22 bits per heavy atom. The normalized spacial score (nSPS) is 13.8. The van der Waals surface area contributed by atoms with E-state index >= 15 is 0 Å². The number of carbonyl (C=O) groups excluding carboxylic acids is 1. The van der Waals surface area contributed by atoms with Crippen LogP contribution in [0.15, 0.2) is 0 Å². The summed E-state index contributed by atoms with van der Waals surface area (Å²) in [5.74, 6) is -0.734. The van der Waals surface area contributed by atoms with Gasteiger partial charge in [-0.05, 0) is 6.42 Å². The quantitative estimate of drug-likeness (QED) is 0.539. The summed E-state index contributed by atoms with van der Waals surface area (Å²) in [6, 6.07) is 0. The molecule has 0 amide bonds. The van der Waals surface area contributed by atoms with Gasteiger partial charge in [0.2, 0.25) is 6.43 Å². The van der Waals surface area contributed by atoms with Crippen LogP contribution in [0.3, 0.4) is 0 Å². The van der Waals surface area contributed by atoms with E-state index in [0.717, 1.165) is 0 Å². The van der Waals surface area contributed by atoms with Gasteiger partial charge in [-0.15, -0.1) is 0 Å². The van der Waals surface area contributed by atoms with Crippen molar-refractivity contribution < 1.29 is 13.6 Å². The van der Waals surface area contributed by atoms with Crippen LogP contribution in [-0.4, -0.2) is 12.7 Å². The summed E-state index contributed by atoms with van der Waals surface area (Å²) >= 11 is 0. The minimum Gasteiger partial charge on any atom is -0.303 e. The van der Waals surface area contributed by atoms with Gasteiger partial charge in [-0.25, -0.2) is 8.78 Å². The molecule has 0 spiro atoms. The van der Waals surface area contributed by atoms with Gasteiger partial charge in [0.25, 0.3) is 0 Å². The van der Waals surface area contributed by atoms with Crippen molar-refractivity contribution in [2.45, 2.75) is 26.2 Å². The van der Waals surface area contributed by atoms with Crippen molar-refractivity contribution in [1.29, 1.82) is 0 Å². The number of carbonyl (C=O) groups is 1. The molecule has 0 saturated carbocycles. The van der Waals surface area contributed by atoms with Gasteiger partial charge in [0.15, 0.2) is 0 Å². The lowest BCUT2D eigenvalue weighted by molar-refractivity contribution is -0.109. The molecule has 0 aliphatic heterocycles. The van der Waals surface area contributed by atoms with Crippen molar-refractivity contribution in [3.8, 4) is 0 Å². The second-order valence-electron chi connectivity index (χ2n) is 1.91. The third kappa shape index (κ3) is 3.16. The van der Waals surface area contributed by atoms with Gasteiger partial charge >= 0.3 is 0 Å². The van der Waals surface area contributed by atoms with Crippen molar-refractivity contribution in [3.63, 3.8) is 0 Å².